The molecule has 1 aliphatic rings. The summed E-state index contributed by atoms with van der Waals surface area (Å²) in [6.45, 7) is 6.51. The Balaban J connectivity index is 2.32. The van der Waals surface area contributed by atoms with E-state index >= 15 is 0 Å². The lowest BCUT2D eigenvalue weighted by Crippen LogP contribution is -2.49. The summed E-state index contributed by atoms with van der Waals surface area (Å²) in [4.78, 5) is 25.3. The number of nitrogens with one attached hydrogen (secondary N) is 1. The predicted octanol–water partition coefficient (Wildman–Crippen LogP) is 1.50. The van der Waals surface area contributed by atoms with Crippen molar-refractivity contribution in [3.05, 3.63) is 23.8 Å². The summed E-state index contributed by atoms with van der Waals surface area (Å²) in [5, 5.41) is 12.1. The number of hydrogen-bond acceptors (Lipinski definition) is 4. The van der Waals surface area contributed by atoms with Crippen LogP contribution < -0.4 is 15.0 Å². The quantitative estimate of drug-likeness (QED) is 0.879. The van der Waals surface area contributed by atoms with E-state index in [-0.39, 0.29) is 23.6 Å². The van der Waals surface area contributed by atoms with Crippen LogP contribution in [0.15, 0.2) is 18.2 Å². The minimum Gasteiger partial charge on any atom is -0.489 e. The average Bonchev–Trinajstić information content (AvgIpc) is 2.44. The first kappa shape index (κ1) is 15.2. The number of carboxylic acid groups (broad SMARTS) is 1. The van der Waals surface area contributed by atoms with Gasteiger partial charge in [0.15, 0.2) is 5.75 Å². The molecule has 1 aliphatic heterocycles. The number of carbonyl (C=O) groups excluding carboxylic acids is 1. The molecule has 2 rings (SSSR count). The standard InChI is InChI=1S/C15H20N2O4/c1-9(2)16-14(18)10(3)17-7-8-21-13-11(15(19)20)5-4-6-12(13)17/h4-6,9-10H,7-8H2,1-3H3,(H,16,18)(H,19,20). The fourth-order valence-electron chi connectivity index (χ4n) is 2.39. The van der Waals surface area contributed by atoms with Gasteiger partial charge in [-0.3, -0.25) is 4.79 Å². The third-order valence-electron chi connectivity index (χ3n) is 3.39. The number of para-hydroxylation sites is 1. The highest BCUT2D eigenvalue weighted by molar-refractivity contribution is 5.94. The van der Waals surface area contributed by atoms with E-state index in [4.69, 9.17) is 4.74 Å². The molecule has 1 aromatic rings. The maximum atomic E-state index is 12.2. The van der Waals surface area contributed by atoms with E-state index < -0.39 is 5.97 Å². The van der Waals surface area contributed by atoms with Gasteiger partial charge in [0, 0.05) is 6.04 Å². The first-order valence-electron chi connectivity index (χ1n) is 6.98. The number of fused-ring (bicyclic) bond motifs is 1. The molecule has 0 radical (unpaired) electrons. The fraction of sp³-hybridized carbons (Fsp3) is 0.467. The molecule has 1 atom stereocenters. The molecule has 0 spiro atoms. The van der Waals surface area contributed by atoms with E-state index in [9.17, 15) is 14.7 Å². The molecule has 2 N–H and O–H groups in total. The van der Waals surface area contributed by atoms with Gasteiger partial charge in [0.1, 0.15) is 18.2 Å². The Bertz CT molecular complexity index is 557. The van der Waals surface area contributed by atoms with Gasteiger partial charge in [0.05, 0.1) is 12.2 Å². The molecular formula is C15H20N2O4. The second kappa shape index (κ2) is 6.03. The van der Waals surface area contributed by atoms with Crippen molar-refractivity contribution in [1.29, 1.82) is 0 Å². The summed E-state index contributed by atoms with van der Waals surface area (Å²) < 4.78 is 5.50. The van der Waals surface area contributed by atoms with E-state index in [1.165, 1.54) is 6.07 Å². The van der Waals surface area contributed by atoms with Gasteiger partial charge < -0.3 is 20.1 Å². The summed E-state index contributed by atoms with van der Waals surface area (Å²) in [7, 11) is 0. The van der Waals surface area contributed by atoms with Crippen molar-refractivity contribution < 1.29 is 19.4 Å². The largest absolute Gasteiger partial charge is 0.489 e. The molecule has 114 valence electrons. The van der Waals surface area contributed by atoms with E-state index in [1.807, 2.05) is 18.7 Å². The lowest BCUT2D eigenvalue weighted by atomic mass is 10.1. The average molecular weight is 292 g/mol. The third kappa shape index (κ3) is 3.09. The molecule has 6 nitrogen and oxygen atoms in total. The van der Waals surface area contributed by atoms with Crippen LogP contribution in [0.4, 0.5) is 5.69 Å². The smallest absolute Gasteiger partial charge is 0.339 e. The van der Waals surface area contributed by atoms with E-state index in [1.54, 1.807) is 19.1 Å². The van der Waals surface area contributed by atoms with Crippen LogP contribution in [0.1, 0.15) is 31.1 Å². The zero-order chi connectivity index (χ0) is 15.6. The van der Waals surface area contributed by atoms with Gasteiger partial charge in [-0.25, -0.2) is 4.79 Å². The fourth-order valence-corrected chi connectivity index (χ4v) is 2.39. The van der Waals surface area contributed by atoms with E-state index in [0.29, 0.717) is 24.6 Å². The second-order valence-electron chi connectivity index (χ2n) is 5.34. The first-order valence-corrected chi connectivity index (χ1v) is 6.98. The summed E-state index contributed by atoms with van der Waals surface area (Å²) in [5.41, 5.74) is 0.765. The molecule has 0 saturated carbocycles. The number of anilines is 1. The molecule has 0 saturated heterocycles. The number of carbonyl (C=O) groups is 2. The minimum absolute atomic E-state index is 0.0609. The van der Waals surface area contributed by atoms with Gasteiger partial charge >= 0.3 is 5.97 Å². The van der Waals surface area contributed by atoms with Crippen molar-refractivity contribution in [3.8, 4) is 5.75 Å². The Morgan fingerprint density at radius 1 is 1.33 bits per heavy atom. The SMILES string of the molecule is CC(C)NC(=O)C(C)N1CCOc2c(C(=O)O)cccc21. The molecule has 1 unspecified atom stereocenters. The van der Waals surface area contributed by atoms with Crippen molar-refractivity contribution >= 4 is 17.6 Å². The highest BCUT2D eigenvalue weighted by Gasteiger charge is 2.29. The van der Waals surface area contributed by atoms with E-state index in [2.05, 4.69) is 5.32 Å². The van der Waals surface area contributed by atoms with Crippen LogP contribution in [0, 0.1) is 0 Å². The second-order valence-corrected chi connectivity index (χ2v) is 5.34. The number of carboxylic acids is 1. The van der Waals surface area contributed by atoms with E-state index in [0.717, 1.165) is 0 Å². The molecule has 21 heavy (non-hydrogen) atoms. The molecule has 1 aromatic carbocycles. The molecule has 1 amide bonds. The van der Waals surface area contributed by atoms with Crippen LogP contribution in [-0.2, 0) is 4.79 Å². The van der Waals surface area contributed by atoms with Crippen LogP contribution in [0.25, 0.3) is 0 Å². The zero-order valence-electron chi connectivity index (χ0n) is 12.4. The van der Waals surface area contributed by atoms with Crippen LogP contribution in [0.2, 0.25) is 0 Å². The molecule has 1 heterocycles. The lowest BCUT2D eigenvalue weighted by molar-refractivity contribution is -0.122. The number of rotatable bonds is 4. The number of aromatic carboxylic acids is 1. The zero-order valence-corrected chi connectivity index (χ0v) is 12.4. The van der Waals surface area contributed by atoms with Gasteiger partial charge in [0.25, 0.3) is 0 Å². The van der Waals surface area contributed by atoms with Gasteiger partial charge in [-0.2, -0.15) is 0 Å². The van der Waals surface area contributed by atoms with Crippen LogP contribution in [-0.4, -0.2) is 42.2 Å². The molecule has 6 heteroatoms. The summed E-state index contributed by atoms with van der Waals surface area (Å²) in [5.74, 6) is -0.785. The first-order chi connectivity index (χ1) is 9.91. The maximum absolute atomic E-state index is 12.2. The predicted molar refractivity (Wildman–Crippen MR) is 79.0 cm³/mol. The van der Waals surface area contributed by atoms with Crippen molar-refractivity contribution in [3.63, 3.8) is 0 Å². The Morgan fingerprint density at radius 3 is 2.67 bits per heavy atom. The van der Waals surface area contributed by atoms with Crippen molar-refractivity contribution in [2.24, 2.45) is 0 Å². The van der Waals surface area contributed by atoms with Gasteiger partial charge in [-0.15, -0.1) is 0 Å². The molecule has 0 aliphatic carbocycles. The third-order valence-corrected chi connectivity index (χ3v) is 3.39. The maximum Gasteiger partial charge on any atom is 0.339 e. The highest BCUT2D eigenvalue weighted by Crippen LogP contribution is 2.36. The van der Waals surface area contributed by atoms with Crippen molar-refractivity contribution in [1.82, 2.24) is 5.32 Å². The molecular weight excluding hydrogens is 272 g/mol. The summed E-state index contributed by atoms with van der Waals surface area (Å²) in [6.07, 6.45) is 0. The number of nitrogens with zero attached hydrogens (tertiary/aromatic N) is 1. The van der Waals surface area contributed by atoms with Gasteiger partial charge in [-0.05, 0) is 32.9 Å². The summed E-state index contributed by atoms with van der Waals surface area (Å²) in [6, 6.07) is 4.62. The number of hydrogen-bond donors (Lipinski definition) is 2. The lowest BCUT2D eigenvalue weighted by Gasteiger charge is -2.35. The molecule has 0 aromatic heterocycles. The number of benzene rings is 1. The molecule has 0 fully saturated rings. The van der Waals surface area contributed by atoms with Crippen LogP contribution in [0.3, 0.4) is 0 Å². The Hall–Kier alpha value is -2.24. The molecule has 0 bridgehead atoms. The Morgan fingerprint density at radius 2 is 2.05 bits per heavy atom. The monoisotopic (exact) mass is 292 g/mol. The highest BCUT2D eigenvalue weighted by atomic mass is 16.5. The Labute approximate surface area is 123 Å². The minimum atomic E-state index is -1.03. The number of amides is 1. The topological polar surface area (TPSA) is 78.9 Å². The van der Waals surface area contributed by atoms with Gasteiger partial charge in [-0.1, -0.05) is 6.07 Å². The number of ether oxygens (including phenoxy) is 1. The Kier molecular flexibility index (Phi) is 4.35. The van der Waals surface area contributed by atoms with Gasteiger partial charge in [0.2, 0.25) is 5.91 Å². The van der Waals surface area contributed by atoms with Crippen molar-refractivity contribution in [2.45, 2.75) is 32.9 Å². The summed E-state index contributed by atoms with van der Waals surface area (Å²) >= 11 is 0. The van der Waals surface area contributed by atoms with Crippen LogP contribution in [0.5, 0.6) is 5.75 Å². The normalized spacial score (nSPS) is 15.1. The van der Waals surface area contributed by atoms with Crippen molar-refractivity contribution in [2.75, 3.05) is 18.1 Å². The van der Waals surface area contributed by atoms with Crippen LogP contribution >= 0.6 is 0 Å².